The molecule has 4 N–H and O–H groups in total. The maximum atomic E-state index is 13.1. The molecule has 0 rings (SSSR count). The van der Waals surface area contributed by atoms with Crippen LogP contribution in [0.5, 0.6) is 0 Å². The molecule has 0 aliphatic rings. The van der Waals surface area contributed by atoms with Gasteiger partial charge in [0.1, 0.15) is 6.61 Å². The van der Waals surface area contributed by atoms with Gasteiger partial charge in [-0.3, -0.25) is 0 Å². The van der Waals surface area contributed by atoms with Crippen LogP contribution >= 0.6 is 0 Å². The number of rotatable bonds is 13. The van der Waals surface area contributed by atoms with Crippen LogP contribution in [0.25, 0.3) is 0 Å². The number of hydrogen-bond acceptors (Lipinski definition) is 4. The fraction of sp³-hybridized carbons (Fsp3) is 0.667. The second-order valence-corrected chi connectivity index (χ2v) is 7.29. The highest BCUT2D eigenvalue weighted by Crippen LogP contribution is 2.21. The molecule has 1 unspecified atom stereocenters. The lowest BCUT2D eigenvalue weighted by molar-refractivity contribution is -0.155. The van der Waals surface area contributed by atoms with Crippen LogP contribution in [0, 0.1) is 0 Å². The molecular formula is C21H36F2N2O2. The minimum atomic E-state index is -2.99. The molecule has 0 spiro atoms. The van der Waals surface area contributed by atoms with Gasteiger partial charge in [-0.05, 0) is 78.8 Å². The van der Waals surface area contributed by atoms with Gasteiger partial charge in [-0.25, -0.2) is 13.6 Å². The molecular weight excluding hydrogens is 350 g/mol. The van der Waals surface area contributed by atoms with Crippen LogP contribution in [-0.4, -0.2) is 31.1 Å². The van der Waals surface area contributed by atoms with Gasteiger partial charge in [-0.2, -0.15) is 0 Å². The second kappa shape index (κ2) is 13.6. The lowest BCUT2D eigenvalue weighted by Gasteiger charge is -2.25. The van der Waals surface area contributed by atoms with Crippen molar-refractivity contribution < 1.29 is 18.3 Å². The molecule has 0 aliphatic carbocycles. The molecule has 0 fully saturated rings. The molecule has 0 radical (unpaired) electrons. The van der Waals surface area contributed by atoms with Crippen molar-refractivity contribution >= 4 is 5.97 Å². The van der Waals surface area contributed by atoms with Crippen LogP contribution < -0.4 is 11.5 Å². The Bertz CT molecular complexity index is 538. The summed E-state index contributed by atoms with van der Waals surface area (Å²) in [5, 5.41) is 0. The average Bonchev–Trinajstić information content (AvgIpc) is 2.58. The Kier molecular flexibility index (Phi) is 12.8. The Balaban J connectivity index is 4.37. The molecule has 0 heterocycles. The van der Waals surface area contributed by atoms with Crippen molar-refractivity contribution in [2.24, 2.45) is 11.5 Å². The van der Waals surface area contributed by atoms with Gasteiger partial charge in [-0.1, -0.05) is 28.9 Å². The van der Waals surface area contributed by atoms with E-state index in [2.05, 4.69) is 32.9 Å². The quantitative estimate of drug-likeness (QED) is 0.357. The third-order valence-electron chi connectivity index (χ3n) is 4.33. The first-order valence-electron chi connectivity index (χ1n) is 9.52. The number of ether oxygens (including phenoxy) is 1. The van der Waals surface area contributed by atoms with E-state index >= 15 is 0 Å². The molecule has 0 bridgehead atoms. The lowest BCUT2D eigenvalue weighted by Crippen LogP contribution is -2.55. The first kappa shape index (κ1) is 25.5. The molecule has 27 heavy (non-hydrogen) atoms. The zero-order chi connectivity index (χ0) is 20.9. The van der Waals surface area contributed by atoms with Crippen LogP contribution in [0.2, 0.25) is 0 Å². The zero-order valence-corrected chi connectivity index (χ0v) is 17.2. The van der Waals surface area contributed by atoms with E-state index in [1.54, 1.807) is 6.08 Å². The Labute approximate surface area is 162 Å². The monoisotopic (exact) mass is 386 g/mol. The average molecular weight is 387 g/mol. The number of esters is 1. The predicted molar refractivity (Wildman–Crippen MR) is 108 cm³/mol. The Morgan fingerprint density at radius 1 is 1.04 bits per heavy atom. The summed E-state index contributed by atoms with van der Waals surface area (Å²) in [7, 11) is 0. The first-order chi connectivity index (χ1) is 12.6. The molecule has 0 amide bonds. The van der Waals surface area contributed by atoms with Crippen LogP contribution in [0.3, 0.4) is 0 Å². The van der Waals surface area contributed by atoms with E-state index < -0.39 is 17.9 Å². The Hall–Kier alpha value is -1.53. The third-order valence-corrected chi connectivity index (χ3v) is 4.33. The van der Waals surface area contributed by atoms with E-state index in [-0.39, 0.29) is 26.0 Å². The summed E-state index contributed by atoms with van der Waals surface area (Å²) < 4.78 is 31.2. The SMILES string of the molecule is CC(C)=CCCC(C)=CCCC(C)=CCOC(=O)C(N)(CCCN)C(F)F. The highest BCUT2D eigenvalue weighted by Gasteiger charge is 2.44. The second-order valence-electron chi connectivity index (χ2n) is 7.29. The van der Waals surface area contributed by atoms with Crippen molar-refractivity contribution in [1.29, 1.82) is 0 Å². The number of carbonyl (C=O) groups is 1. The molecule has 156 valence electrons. The van der Waals surface area contributed by atoms with Crippen LogP contribution in [0.1, 0.15) is 66.2 Å². The van der Waals surface area contributed by atoms with Gasteiger partial charge in [-0.15, -0.1) is 0 Å². The summed E-state index contributed by atoms with van der Waals surface area (Å²) in [6.45, 7) is 8.37. The van der Waals surface area contributed by atoms with Crippen molar-refractivity contribution in [2.45, 2.75) is 78.2 Å². The van der Waals surface area contributed by atoms with E-state index in [4.69, 9.17) is 16.2 Å². The fourth-order valence-corrected chi connectivity index (χ4v) is 2.43. The molecule has 4 nitrogen and oxygen atoms in total. The highest BCUT2D eigenvalue weighted by atomic mass is 19.3. The van der Waals surface area contributed by atoms with Crippen LogP contribution in [-0.2, 0) is 9.53 Å². The summed E-state index contributed by atoms with van der Waals surface area (Å²) in [6.07, 6.45) is 7.03. The summed E-state index contributed by atoms with van der Waals surface area (Å²) in [4.78, 5) is 11.9. The molecule has 0 aromatic rings. The largest absolute Gasteiger partial charge is 0.460 e. The van der Waals surface area contributed by atoms with Gasteiger partial charge < -0.3 is 16.2 Å². The minimum Gasteiger partial charge on any atom is -0.460 e. The standard InChI is InChI=1S/C21H36F2N2O2/c1-16(2)8-5-9-17(3)10-6-11-18(4)12-15-27-20(26)21(25,19(22)23)13-7-14-24/h8,10,12,19H,5-7,9,11,13-15,24-25H2,1-4H3. The Morgan fingerprint density at radius 3 is 2.11 bits per heavy atom. The van der Waals surface area contributed by atoms with Crippen molar-refractivity contribution in [1.82, 2.24) is 0 Å². The summed E-state index contributed by atoms with van der Waals surface area (Å²) in [5.74, 6) is -1.08. The van der Waals surface area contributed by atoms with Gasteiger partial charge in [0.25, 0.3) is 6.43 Å². The zero-order valence-electron chi connectivity index (χ0n) is 17.2. The van der Waals surface area contributed by atoms with Gasteiger partial charge >= 0.3 is 5.97 Å². The van der Waals surface area contributed by atoms with Crippen LogP contribution in [0.4, 0.5) is 8.78 Å². The van der Waals surface area contributed by atoms with E-state index in [9.17, 15) is 13.6 Å². The van der Waals surface area contributed by atoms with Gasteiger partial charge in [0.05, 0.1) is 0 Å². The first-order valence-corrected chi connectivity index (χ1v) is 9.52. The van der Waals surface area contributed by atoms with E-state index in [0.29, 0.717) is 0 Å². The summed E-state index contributed by atoms with van der Waals surface area (Å²) >= 11 is 0. The van der Waals surface area contributed by atoms with Gasteiger partial charge in [0.15, 0.2) is 5.54 Å². The van der Waals surface area contributed by atoms with Gasteiger partial charge in [0.2, 0.25) is 0 Å². The number of nitrogens with two attached hydrogens (primary N) is 2. The molecule has 0 aromatic carbocycles. The Morgan fingerprint density at radius 2 is 1.59 bits per heavy atom. The minimum absolute atomic E-state index is 0.0533. The lowest BCUT2D eigenvalue weighted by atomic mass is 9.95. The number of allylic oxidation sites excluding steroid dienone is 5. The maximum Gasteiger partial charge on any atom is 0.332 e. The number of carbonyl (C=O) groups excluding carboxylic acids is 1. The smallest absolute Gasteiger partial charge is 0.332 e. The fourth-order valence-electron chi connectivity index (χ4n) is 2.43. The van der Waals surface area contributed by atoms with Gasteiger partial charge in [0, 0.05) is 0 Å². The topological polar surface area (TPSA) is 78.3 Å². The highest BCUT2D eigenvalue weighted by molar-refractivity contribution is 5.81. The predicted octanol–water partition coefficient (Wildman–Crippen LogP) is 4.65. The van der Waals surface area contributed by atoms with Crippen LogP contribution in [0.15, 0.2) is 34.9 Å². The number of hydrogen-bond donors (Lipinski definition) is 2. The van der Waals surface area contributed by atoms with Crippen molar-refractivity contribution in [3.63, 3.8) is 0 Å². The summed E-state index contributed by atoms with van der Waals surface area (Å²) in [6, 6.07) is 0. The third kappa shape index (κ3) is 11.0. The molecule has 0 saturated carbocycles. The molecule has 0 aliphatic heterocycles. The number of halogens is 2. The number of alkyl halides is 2. The van der Waals surface area contributed by atoms with E-state index in [1.165, 1.54) is 11.1 Å². The van der Waals surface area contributed by atoms with E-state index in [1.807, 2.05) is 6.92 Å². The molecule has 0 aromatic heterocycles. The van der Waals surface area contributed by atoms with Crippen molar-refractivity contribution in [2.75, 3.05) is 13.2 Å². The van der Waals surface area contributed by atoms with Crippen molar-refractivity contribution in [3.05, 3.63) is 34.9 Å². The molecule has 6 heteroatoms. The molecule has 0 saturated heterocycles. The maximum absolute atomic E-state index is 13.1. The van der Waals surface area contributed by atoms with E-state index in [0.717, 1.165) is 31.3 Å². The normalized spacial score (nSPS) is 14.9. The molecule has 1 atom stereocenters. The van der Waals surface area contributed by atoms with Crippen molar-refractivity contribution in [3.8, 4) is 0 Å². The summed E-state index contributed by atoms with van der Waals surface area (Å²) in [5.41, 5.74) is 12.3.